The summed E-state index contributed by atoms with van der Waals surface area (Å²) in [5.74, 6) is 5.44. The molecule has 0 aliphatic carbocycles. The van der Waals surface area contributed by atoms with Crippen LogP contribution < -0.4 is 16.6 Å². The van der Waals surface area contributed by atoms with Gasteiger partial charge in [0, 0.05) is 10.6 Å². The number of alkyl halides is 3. The lowest BCUT2D eigenvalue weighted by Gasteiger charge is -2.09. The highest BCUT2D eigenvalue weighted by atomic mass is 32.2. The third-order valence-corrected chi connectivity index (χ3v) is 5.59. The summed E-state index contributed by atoms with van der Waals surface area (Å²) in [6, 6.07) is 8.21. The Morgan fingerprint density at radius 3 is 2.80 bits per heavy atom. The number of aromatic nitrogens is 3. The zero-order valence-corrected chi connectivity index (χ0v) is 17.1. The van der Waals surface area contributed by atoms with Crippen LogP contribution in [0.2, 0.25) is 0 Å². The molecule has 0 fully saturated rings. The number of thioether (sulfide) groups is 1. The summed E-state index contributed by atoms with van der Waals surface area (Å²) in [6.45, 7) is 1.82. The van der Waals surface area contributed by atoms with Crippen molar-refractivity contribution in [2.75, 3.05) is 22.3 Å². The van der Waals surface area contributed by atoms with E-state index >= 15 is 0 Å². The summed E-state index contributed by atoms with van der Waals surface area (Å²) in [7, 11) is 0. The fourth-order valence-electron chi connectivity index (χ4n) is 2.23. The topological polar surface area (TPSA) is 110 Å². The first-order valence-corrected chi connectivity index (χ1v) is 10.2. The summed E-state index contributed by atoms with van der Waals surface area (Å²) < 4.78 is 39.4. The van der Waals surface area contributed by atoms with E-state index in [0.717, 1.165) is 39.2 Å². The van der Waals surface area contributed by atoms with Gasteiger partial charge in [0.05, 0.1) is 17.0 Å². The van der Waals surface area contributed by atoms with Gasteiger partial charge < -0.3 is 11.2 Å². The number of nitrogens with one attached hydrogen (secondary N) is 2. The van der Waals surface area contributed by atoms with Crippen LogP contribution in [0.1, 0.15) is 17.4 Å². The van der Waals surface area contributed by atoms with Crippen molar-refractivity contribution >= 4 is 46.4 Å². The van der Waals surface area contributed by atoms with Crippen molar-refractivity contribution in [1.82, 2.24) is 14.9 Å². The number of hydrazone groups is 1. The largest absolute Gasteiger partial charge is 0.416 e. The first-order chi connectivity index (χ1) is 14.2. The summed E-state index contributed by atoms with van der Waals surface area (Å²) in [5, 5.41) is 16.5. The molecule has 1 amide bonds. The first kappa shape index (κ1) is 21.6. The third-order valence-electron chi connectivity index (χ3n) is 3.67. The Kier molecular flexibility index (Phi) is 6.62. The first-order valence-electron chi connectivity index (χ1n) is 8.38. The SMILES string of the molecule is C/C(=N\Nc1nnc(SCC(=O)Nc2cccc(C(F)(F)F)c2)n1N)c1cccs1. The fraction of sp³-hybridized carbons (Fsp3) is 0.176. The molecule has 0 aliphatic rings. The lowest BCUT2D eigenvalue weighted by molar-refractivity contribution is -0.137. The highest BCUT2D eigenvalue weighted by molar-refractivity contribution is 7.99. The zero-order valence-electron chi connectivity index (χ0n) is 15.5. The van der Waals surface area contributed by atoms with Crippen molar-refractivity contribution in [3.63, 3.8) is 0 Å². The zero-order chi connectivity index (χ0) is 21.7. The molecule has 0 radical (unpaired) electrons. The normalized spacial score (nSPS) is 12.1. The number of nitrogen functional groups attached to an aromatic ring is 1. The van der Waals surface area contributed by atoms with E-state index in [1.807, 2.05) is 24.4 Å². The molecule has 0 bridgehead atoms. The van der Waals surface area contributed by atoms with Crippen molar-refractivity contribution in [2.45, 2.75) is 18.3 Å². The lowest BCUT2D eigenvalue weighted by Crippen LogP contribution is -2.17. The molecule has 0 spiro atoms. The standard InChI is InChI=1S/C17H16F3N7OS2/c1-10(13-6-3-7-29-13)23-24-15-25-26-16(27(15)21)30-9-14(28)22-12-5-2-4-11(8-12)17(18,19)20/h2-8H,9,21H2,1H3,(H,22,28)(H,24,25)/b23-10+. The minimum absolute atomic E-state index is 0.0467. The van der Waals surface area contributed by atoms with Crippen LogP contribution in [0.3, 0.4) is 0 Å². The Morgan fingerprint density at radius 2 is 2.10 bits per heavy atom. The summed E-state index contributed by atoms with van der Waals surface area (Å²) >= 11 is 2.51. The van der Waals surface area contributed by atoms with Crippen LogP contribution in [0.5, 0.6) is 0 Å². The van der Waals surface area contributed by atoms with Gasteiger partial charge in [0.1, 0.15) is 0 Å². The molecule has 2 aromatic heterocycles. The van der Waals surface area contributed by atoms with Gasteiger partial charge in [-0.25, -0.2) is 10.1 Å². The number of nitrogens with zero attached hydrogens (tertiary/aromatic N) is 4. The Balaban J connectivity index is 1.56. The van der Waals surface area contributed by atoms with Crippen molar-refractivity contribution < 1.29 is 18.0 Å². The van der Waals surface area contributed by atoms with Gasteiger partial charge in [-0.15, -0.1) is 21.5 Å². The summed E-state index contributed by atoms with van der Waals surface area (Å²) in [4.78, 5) is 13.0. The Hall–Kier alpha value is -3.06. The quantitative estimate of drug-likeness (QED) is 0.217. The number of halogens is 3. The van der Waals surface area contributed by atoms with Crippen LogP contribution in [0.15, 0.2) is 52.0 Å². The van der Waals surface area contributed by atoms with Crippen molar-refractivity contribution in [3.8, 4) is 0 Å². The average molecular weight is 455 g/mol. The van der Waals surface area contributed by atoms with Crippen LogP contribution >= 0.6 is 23.1 Å². The van der Waals surface area contributed by atoms with Gasteiger partial charge in [-0.1, -0.05) is 23.9 Å². The van der Waals surface area contributed by atoms with Crippen molar-refractivity contribution in [2.24, 2.45) is 5.10 Å². The molecule has 13 heteroatoms. The van der Waals surface area contributed by atoms with E-state index in [9.17, 15) is 18.0 Å². The molecule has 4 N–H and O–H groups in total. The van der Waals surface area contributed by atoms with Crippen molar-refractivity contribution in [3.05, 3.63) is 52.2 Å². The van der Waals surface area contributed by atoms with E-state index in [1.54, 1.807) is 0 Å². The fourth-order valence-corrected chi connectivity index (χ4v) is 3.56. The molecule has 3 aromatic rings. The van der Waals surface area contributed by atoms with Gasteiger partial charge >= 0.3 is 6.18 Å². The van der Waals surface area contributed by atoms with Crippen LogP contribution in [0.25, 0.3) is 0 Å². The minimum Gasteiger partial charge on any atom is -0.334 e. The second-order valence-corrected chi connectivity index (χ2v) is 7.77. The second-order valence-electron chi connectivity index (χ2n) is 5.88. The van der Waals surface area contributed by atoms with E-state index in [0.29, 0.717) is 0 Å². The van der Waals surface area contributed by atoms with Crippen LogP contribution in [0.4, 0.5) is 24.8 Å². The number of hydrogen-bond acceptors (Lipinski definition) is 8. The molecule has 1 aromatic carbocycles. The van der Waals surface area contributed by atoms with E-state index in [4.69, 9.17) is 5.84 Å². The van der Waals surface area contributed by atoms with Gasteiger partial charge in [-0.05, 0) is 36.6 Å². The molecule has 0 atom stereocenters. The number of carbonyl (C=O) groups excluding carboxylic acids is 1. The smallest absolute Gasteiger partial charge is 0.334 e. The molecular weight excluding hydrogens is 439 g/mol. The number of thiophene rings is 1. The predicted molar refractivity (Wildman–Crippen MR) is 111 cm³/mol. The average Bonchev–Trinajstić information content (AvgIpc) is 3.35. The monoisotopic (exact) mass is 455 g/mol. The Bertz CT molecular complexity index is 1050. The molecule has 0 aliphatic heterocycles. The molecule has 0 saturated heterocycles. The molecule has 8 nitrogen and oxygen atoms in total. The molecule has 158 valence electrons. The van der Waals surface area contributed by atoms with E-state index < -0.39 is 17.6 Å². The number of rotatable bonds is 7. The Labute approximate surface area is 177 Å². The highest BCUT2D eigenvalue weighted by Crippen LogP contribution is 2.30. The van der Waals surface area contributed by atoms with E-state index in [-0.39, 0.29) is 22.5 Å². The van der Waals surface area contributed by atoms with Gasteiger partial charge in [-0.3, -0.25) is 4.79 Å². The maximum atomic E-state index is 12.8. The highest BCUT2D eigenvalue weighted by Gasteiger charge is 2.30. The lowest BCUT2D eigenvalue weighted by atomic mass is 10.2. The van der Waals surface area contributed by atoms with Gasteiger partial charge in [0.25, 0.3) is 5.95 Å². The van der Waals surface area contributed by atoms with Gasteiger partial charge in [0.15, 0.2) is 0 Å². The molecule has 2 heterocycles. The number of amides is 1. The molecular formula is C17H16F3N7OS2. The second kappa shape index (κ2) is 9.17. The third kappa shape index (κ3) is 5.51. The summed E-state index contributed by atoms with van der Waals surface area (Å²) in [5.41, 5.74) is 2.65. The number of benzene rings is 1. The number of anilines is 2. The van der Waals surface area contributed by atoms with Crippen LogP contribution in [-0.2, 0) is 11.0 Å². The van der Waals surface area contributed by atoms with Crippen LogP contribution in [-0.4, -0.2) is 32.2 Å². The maximum absolute atomic E-state index is 12.8. The molecule has 0 saturated carbocycles. The Morgan fingerprint density at radius 1 is 1.30 bits per heavy atom. The van der Waals surface area contributed by atoms with E-state index in [1.165, 1.54) is 23.5 Å². The predicted octanol–water partition coefficient (Wildman–Crippen LogP) is 3.64. The summed E-state index contributed by atoms with van der Waals surface area (Å²) in [6.07, 6.45) is -4.49. The molecule has 0 unspecified atom stereocenters. The minimum atomic E-state index is -4.49. The van der Waals surface area contributed by atoms with Crippen LogP contribution in [0, 0.1) is 0 Å². The number of carbonyl (C=O) groups is 1. The van der Waals surface area contributed by atoms with E-state index in [2.05, 4.69) is 26.0 Å². The molecule has 30 heavy (non-hydrogen) atoms. The van der Waals surface area contributed by atoms with Crippen molar-refractivity contribution in [1.29, 1.82) is 0 Å². The molecule has 3 rings (SSSR count). The van der Waals surface area contributed by atoms with Gasteiger partial charge in [-0.2, -0.15) is 18.3 Å². The number of hydrogen-bond donors (Lipinski definition) is 3. The maximum Gasteiger partial charge on any atom is 0.416 e. The van der Waals surface area contributed by atoms with Gasteiger partial charge in [0.2, 0.25) is 11.1 Å². The number of nitrogens with two attached hydrogens (primary N) is 1.